The molecule has 20 heavy (non-hydrogen) atoms. The van der Waals surface area contributed by atoms with Gasteiger partial charge in [-0.3, -0.25) is 4.79 Å². The minimum Gasteiger partial charge on any atom is -0.392 e. The largest absolute Gasteiger partial charge is 0.392 e. The first-order chi connectivity index (χ1) is 9.74. The smallest absolute Gasteiger partial charge is 0.262 e. The van der Waals surface area contributed by atoms with E-state index in [9.17, 15) is 4.79 Å². The van der Waals surface area contributed by atoms with E-state index in [1.165, 1.54) is 11.3 Å². The summed E-state index contributed by atoms with van der Waals surface area (Å²) in [6.07, 6.45) is 0.713. The second kappa shape index (κ2) is 6.85. The van der Waals surface area contributed by atoms with Crippen molar-refractivity contribution in [2.75, 3.05) is 6.54 Å². The lowest BCUT2D eigenvalue weighted by Gasteiger charge is -2.05. The SMILES string of the molecule is N#Cc1ccsc1C(=O)NCCc1ccc(CO)cc1. The van der Waals surface area contributed by atoms with Crippen molar-refractivity contribution in [1.82, 2.24) is 5.32 Å². The number of benzene rings is 1. The van der Waals surface area contributed by atoms with Crippen LogP contribution in [0.25, 0.3) is 0 Å². The van der Waals surface area contributed by atoms with Gasteiger partial charge in [-0.05, 0) is 29.0 Å². The Morgan fingerprint density at radius 2 is 1.95 bits per heavy atom. The van der Waals surface area contributed by atoms with Crippen molar-refractivity contribution < 1.29 is 9.90 Å². The highest BCUT2D eigenvalue weighted by Crippen LogP contribution is 2.15. The first kappa shape index (κ1) is 14.3. The maximum Gasteiger partial charge on any atom is 0.262 e. The number of aliphatic hydroxyl groups excluding tert-OH is 1. The summed E-state index contributed by atoms with van der Waals surface area (Å²) < 4.78 is 0. The summed E-state index contributed by atoms with van der Waals surface area (Å²) in [5, 5.41) is 22.4. The van der Waals surface area contributed by atoms with Crippen LogP contribution >= 0.6 is 11.3 Å². The number of hydrogen-bond donors (Lipinski definition) is 2. The molecular formula is C15H14N2O2S. The van der Waals surface area contributed by atoms with E-state index in [1.807, 2.05) is 30.3 Å². The van der Waals surface area contributed by atoms with E-state index in [4.69, 9.17) is 10.4 Å². The van der Waals surface area contributed by atoms with Gasteiger partial charge < -0.3 is 10.4 Å². The quantitative estimate of drug-likeness (QED) is 0.884. The molecule has 0 aliphatic carbocycles. The zero-order valence-corrected chi connectivity index (χ0v) is 11.6. The van der Waals surface area contributed by atoms with Gasteiger partial charge in [0, 0.05) is 6.54 Å². The highest BCUT2D eigenvalue weighted by Gasteiger charge is 2.11. The summed E-state index contributed by atoms with van der Waals surface area (Å²) in [6, 6.07) is 11.2. The minimum atomic E-state index is -0.205. The zero-order valence-electron chi connectivity index (χ0n) is 10.8. The van der Waals surface area contributed by atoms with Gasteiger partial charge in [-0.15, -0.1) is 11.3 Å². The summed E-state index contributed by atoms with van der Waals surface area (Å²) in [7, 11) is 0. The van der Waals surface area contributed by atoms with Gasteiger partial charge in [0.15, 0.2) is 0 Å². The fourth-order valence-corrected chi connectivity index (χ4v) is 2.55. The van der Waals surface area contributed by atoms with Gasteiger partial charge >= 0.3 is 0 Å². The van der Waals surface area contributed by atoms with E-state index in [1.54, 1.807) is 11.4 Å². The molecule has 1 heterocycles. The summed E-state index contributed by atoms with van der Waals surface area (Å²) in [4.78, 5) is 12.4. The Balaban J connectivity index is 1.86. The third kappa shape index (κ3) is 3.44. The second-order valence-electron chi connectivity index (χ2n) is 4.26. The van der Waals surface area contributed by atoms with Gasteiger partial charge in [-0.1, -0.05) is 24.3 Å². The Kier molecular flexibility index (Phi) is 4.88. The number of nitrogens with zero attached hydrogens (tertiary/aromatic N) is 1. The molecule has 2 aromatic rings. The fraction of sp³-hybridized carbons (Fsp3) is 0.200. The van der Waals surface area contributed by atoms with Gasteiger partial charge in [0.1, 0.15) is 10.9 Å². The van der Waals surface area contributed by atoms with Crippen LogP contribution in [0.2, 0.25) is 0 Å². The summed E-state index contributed by atoms with van der Waals surface area (Å²) in [6.45, 7) is 0.548. The molecule has 4 nitrogen and oxygen atoms in total. The molecule has 0 saturated carbocycles. The highest BCUT2D eigenvalue weighted by molar-refractivity contribution is 7.12. The van der Waals surface area contributed by atoms with Crippen LogP contribution in [0.1, 0.15) is 26.4 Å². The molecule has 1 aromatic heterocycles. The van der Waals surface area contributed by atoms with Crippen LogP contribution in [0.3, 0.4) is 0 Å². The molecule has 2 N–H and O–H groups in total. The van der Waals surface area contributed by atoms with E-state index in [0.29, 0.717) is 23.4 Å². The first-order valence-electron chi connectivity index (χ1n) is 6.19. The normalized spacial score (nSPS) is 10.0. The molecule has 0 aliphatic rings. The van der Waals surface area contributed by atoms with Gasteiger partial charge in [0.25, 0.3) is 5.91 Å². The summed E-state index contributed by atoms with van der Waals surface area (Å²) in [5.41, 5.74) is 2.38. The number of carbonyl (C=O) groups excluding carboxylic acids is 1. The monoisotopic (exact) mass is 286 g/mol. The maximum absolute atomic E-state index is 11.9. The van der Waals surface area contributed by atoms with Gasteiger partial charge in [0.2, 0.25) is 0 Å². The van der Waals surface area contributed by atoms with Crippen molar-refractivity contribution in [3.8, 4) is 6.07 Å². The van der Waals surface area contributed by atoms with E-state index >= 15 is 0 Å². The molecule has 0 unspecified atom stereocenters. The molecule has 102 valence electrons. The molecule has 2 rings (SSSR count). The lowest BCUT2D eigenvalue weighted by Crippen LogP contribution is -2.25. The Labute approximate surface area is 121 Å². The highest BCUT2D eigenvalue weighted by atomic mass is 32.1. The lowest BCUT2D eigenvalue weighted by atomic mass is 10.1. The Hall–Kier alpha value is -2.16. The number of aliphatic hydroxyl groups is 1. The number of nitriles is 1. The first-order valence-corrected chi connectivity index (χ1v) is 7.07. The van der Waals surface area contributed by atoms with Gasteiger partial charge in [-0.25, -0.2) is 0 Å². The summed E-state index contributed by atoms with van der Waals surface area (Å²) >= 11 is 1.27. The van der Waals surface area contributed by atoms with Crippen molar-refractivity contribution in [3.63, 3.8) is 0 Å². The van der Waals surface area contributed by atoms with Gasteiger partial charge in [0.05, 0.1) is 12.2 Å². The van der Waals surface area contributed by atoms with Crippen LogP contribution in [0.15, 0.2) is 35.7 Å². The molecule has 0 spiro atoms. The van der Waals surface area contributed by atoms with Crippen LogP contribution in [-0.2, 0) is 13.0 Å². The third-order valence-electron chi connectivity index (χ3n) is 2.90. The number of amides is 1. The number of rotatable bonds is 5. The van der Waals surface area contributed by atoms with Crippen molar-refractivity contribution >= 4 is 17.2 Å². The van der Waals surface area contributed by atoms with Crippen molar-refractivity contribution in [1.29, 1.82) is 5.26 Å². The van der Waals surface area contributed by atoms with E-state index in [0.717, 1.165) is 11.1 Å². The fourth-order valence-electron chi connectivity index (χ4n) is 1.79. The number of thiophene rings is 1. The standard InChI is InChI=1S/C15H14N2O2S/c16-9-13-6-8-20-14(13)15(19)17-7-5-11-1-3-12(10-18)4-2-11/h1-4,6,8,18H,5,7,10H2,(H,17,19). The van der Waals surface area contributed by atoms with Gasteiger partial charge in [-0.2, -0.15) is 5.26 Å². The summed E-state index contributed by atoms with van der Waals surface area (Å²) in [5.74, 6) is -0.205. The minimum absolute atomic E-state index is 0.0341. The molecule has 0 radical (unpaired) electrons. The van der Waals surface area contributed by atoms with Crippen molar-refractivity contribution in [2.24, 2.45) is 0 Å². The number of hydrogen-bond acceptors (Lipinski definition) is 4. The molecular weight excluding hydrogens is 272 g/mol. The second-order valence-corrected chi connectivity index (χ2v) is 5.17. The molecule has 5 heteroatoms. The third-order valence-corrected chi connectivity index (χ3v) is 3.81. The van der Waals surface area contributed by atoms with Crippen molar-refractivity contribution in [3.05, 3.63) is 57.3 Å². The van der Waals surface area contributed by atoms with E-state index < -0.39 is 0 Å². The number of nitrogens with one attached hydrogen (secondary N) is 1. The Morgan fingerprint density at radius 3 is 2.60 bits per heavy atom. The molecule has 0 saturated heterocycles. The average Bonchev–Trinajstić information content (AvgIpc) is 2.96. The molecule has 0 atom stereocenters. The molecule has 1 aromatic carbocycles. The maximum atomic E-state index is 11.9. The zero-order chi connectivity index (χ0) is 14.4. The number of carbonyl (C=O) groups is 1. The van der Waals surface area contributed by atoms with Crippen LogP contribution in [0.4, 0.5) is 0 Å². The van der Waals surface area contributed by atoms with E-state index in [-0.39, 0.29) is 12.5 Å². The molecule has 0 aliphatic heterocycles. The van der Waals surface area contributed by atoms with Crippen LogP contribution in [0, 0.1) is 11.3 Å². The van der Waals surface area contributed by atoms with Crippen molar-refractivity contribution in [2.45, 2.75) is 13.0 Å². The lowest BCUT2D eigenvalue weighted by molar-refractivity contribution is 0.0958. The van der Waals surface area contributed by atoms with Crippen LogP contribution in [0.5, 0.6) is 0 Å². The Bertz CT molecular complexity index is 626. The average molecular weight is 286 g/mol. The topological polar surface area (TPSA) is 73.1 Å². The van der Waals surface area contributed by atoms with Crippen LogP contribution < -0.4 is 5.32 Å². The molecule has 0 fully saturated rings. The molecule has 0 bridgehead atoms. The molecule has 1 amide bonds. The van der Waals surface area contributed by atoms with E-state index in [2.05, 4.69) is 5.32 Å². The predicted molar refractivity (Wildman–Crippen MR) is 77.4 cm³/mol. The Morgan fingerprint density at radius 1 is 1.25 bits per heavy atom. The van der Waals surface area contributed by atoms with Crippen LogP contribution in [-0.4, -0.2) is 17.6 Å². The predicted octanol–water partition coefficient (Wildman–Crippen LogP) is 2.08.